The molecular formula is C21H23NO6S. The minimum Gasteiger partial charge on any atom is -0.544 e. The van der Waals surface area contributed by atoms with Crippen LogP contribution < -0.4 is 19.9 Å². The fourth-order valence-corrected chi connectivity index (χ4v) is 4.40. The van der Waals surface area contributed by atoms with Crippen LogP contribution in [-0.2, 0) is 16.1 Å². The maximum absolute atomic E-state index is 12.1. The van der Waals surface area contributed by atoms with Gasteiger partial charge in [0.2, 0.25) is 0 Å². The normalized spacial score (nSPS) is 18.3. The van der Waals surface area contributed by atoms with Gasteiger partial charge in [-0.05, 0) is 37.3 Å². The summed E-state index contributed by atoms with van der Waals surface area (Å²) in [5.41, 5.74) is 2.13. The van der Waals surface area contributed by atoms with E-state index in [1.165, 1.54) is 0 Å². The van der Waals surface area contributed by atoms with Crippen molar-refractivity contribution in [1.82, 2.24) is 0 Å². The number of carbonyl (C=O) groups excluding carboxylic acids is 2. The summed E-state index contributed by atoms with van der Waals surface area (Å²) in [6, 6.07) is 12.1. The molecule has 0 radical (unpaired) electrons. The molecule has 0 aromatic heterocycles. The summed E-state index contributed by atoms with van der Waals surface area (Å²) in [7, 11) is 1.58. The van der Waals surface area contributed by atoms with Crippen molar-refractivity contribution >= 4 is 23.7 Å². The van der Waals surface area contributed by atoms with E-state index in [-0.39, 0.29) is 18.6 Å². The van der Waals surface area contributed by atoms with Gasteiger partial charge in [0, 0.05) is 11.1 Å². The van der Waals surface area contributed by atoms with Crippen molar-refractivity contribution in [3.05, 3.63) is 59.2 Å². The Kier molecular flexibility index (Phi) is 7.00. The number of carboxylic acids is 1. The molecule has 1 heterocycles. The van der Waals surface area contributed by atoms with Crippen molar-refractivity contribution in [2.75, 3.05) is 19.5 Å². The molecule has 1 aliphatic rings. The number of ether oxygens (including phenoxy) is 3. The lowest BCUT2D eigenvalue weighted by Crippen LogP contribution is -2.90. The molecule has 1 fully saturated rings. The molecule has 0 amide bonds. The summed E-state index contributed by atoms with van der Waals surface area (Å²) in [5, 5.41) is 12.9. The first-order valence-corrected chi connectivity index (χ1v) is 10.3. The van der Waals surface area contributed by atoms with Gasteiger partial charge in [0.05, 0.1) is 19.5 Å². The van der Waals surface area contributed by atoms with Crippen molar-refractivity contribution in [3.8, 4) is 11.5 Å². The molecular weight excluding hydrogens is 394 g/mol. The van der Waals surface area contributed by atoms with E-state index in [2.05, 4.69) is 0 Å². The van der Waals surface area contributed by atoms with Crippen LogP contribution >= 0.6 is 11.8 Å². The molecule has 0 spiro atoms. The zero-order chi connectivity index (χ0) is 20.8. The molecule has 2 aromatic rings. The first-order valence-electron chi connectivity index (χ1n) is 9.26. The number of methoxy groups -OCH3 is 1. The van der Waals surface area contributed by atoms with Gasteiger partial charge in [-0.2, -0.15) is 0 Å². The number of esters is 1. The Labute approximate surface area is 173 Å². The van der Waals surface area contributed by atoms with Gasteiger partial charge >= 0.3 is 5.97 Å². The predicted octanol–water partition coefficient (Wildman–Crippen LogP) is 0.878. The van der Waals surface area contributed by atoms with E-state index in [4.69, 9.17) is 14.2 Å². The van der Waals surface area contributed by atoms with Gasteiger partial charge in [-0.15, -0.1) is 0 Å². The number of quaternary nitrogens is 1. The fourth-order valence-electron chi connectivity index (χ4n) is 3.10. The van der Waals surface area contributed by atoms with Crippen molar-refractivity contribution in [1.29, 1.82) is 0 Å². The van der Waals surface area contributed by atoms with Crippen molar-refractivity contribution in [2.45, 2.75) is 24.9 Å². The number of hydrogen-bond acceptors (Lipinski definition) is 7. The van der Waals surface area contributed by atoms with Gasteiger partial charge in [0.25, 0.3) is 0 Å². The zero-order valence-electron chi connectivity index (χ0n) is 16.3. The molecule has 8 heteroatoms. The third-order valence-corrected chi connectivity index (χ3v) is 5.90. The average Bonchev–Trinajstić information content (AvgIpc) is 3.23. The third-order valence-electron chi connectivity index (χ3n) is 4.56. The predicted molar refractivity (Wildman–Crippen MR) is 106 cm³/mol. The van der Waals surface area contributed by atoms with Crippen LogP contribution in [0.1, 0.15) is 33.8 Å². The van der Waals surface area contributed by atoms with Crippen LogP contribution in [0.2, 0.25) is 0 Å². The van der Waals surface area contributed by atoms with E-state index in [0.717, 1.165) is 11.1 Å². The fraction of sp³-hybridized carbons (Fsp3) is 0.333. The van der Waals surface area contributed by atoms with Crippen LogP contribution in [0.3, 0.4) is 0 Å². The summed E-state index contributed by atoms with van der Waals surface area (Å²) < 4.78 is 16.4. The Hall–Kier alpha value is -2.71. The van der Waals surface area contributed by atoms with Crippen molar-refractivity contribution in [3.63, 3.8) is 0 Å². The molecule has 29 heavy (non-hydrogen) atoms. The minimum atomic E-state index is -1.05. The maximum atomic E-state index is 12.1. The zero-order valence-corrected chi connectivity index (χ0v) is 17.1. The molecule has 3 rings (SSSR count). The Morgan fingerprint density at radius 3 is 2.69 bits per heavy atom. The second-order valence-corrected chi connectivity index (χ2v) is 7.62. The van der Waals surface area contributed by atoms with E-state index in [1.54, 1.807) is 55.4 Å². The second-order valence-electron chi connectivity index (χ2n) is 6.45. The van der Waals surface area contributed by atoms with Gasteiger partial charge in [-0.1, -0.05) is 23.9 Å². The van der Waals surface area contributed by atoms with Gasteiger partial charge in [0.15, 0.2) is 5.37 Å². The van der Waals surface area contributed by atoms with E-state index < -0.39 is 18.0 Å². The van der Waals surface area contributed by atoms with Crippen LogP contribution in [0.25, 0.3) is 0 Å². The molecule has 7 nitrogen and oxygen atoms in total. The Bertz CT molecular complexity index is 887. The molecule has 1 saturated heterocycles. The molecule has 0 unspecified atom stereocenters. The molecule has 1 aliphatic heterocycles. The van der Waals surface area contributed by atoms with E-state index in [1.807, 2.05) is 18.2 Å². The highest BCUT2D eigenvalue weighted by Crippen LogP contribution is 2.31. The van der Waals surface area contributed by atoms with Gasteiger partial charge in [-0.3, -0.25) is 0 Å². The Balaban J connectivity index is 1.77. The highest BCUT2D eigenvalue weighted by Gasteiger charge is 2.31. The molecule has 0 aliphatic carbocycles. The molecule has 2 N–H and O–H groups in total. The quantitative estimate of drug-likeness (QED) is 0.636. The standard InChI is InChI=1S/C21H23NO6S/c1-3-27-21(25)15-6-4-5-7-18(15)28-11-14-10-13(8-9-17(14)26-2)19-22-16(12-29-19)20(23)24/h4-10,16,19,22H,3,11-12H2,1-2H3,(H,23,24)/t16-,19-/m0/s1. The molecule has 2 atom stereocenters. The van der Waals surface area contributed by atoms with Crippen molar-refractivity contribution < 1.29 is 34.2 Å². The van der Waals surface area contributed by atoms with Gasteiger partial charge in [0.1, 0.15) is 35.7 Å². The highest BCUT2D eigenvalue weighted by molar-refractivity contribution is 7.99. The number of para-hydroxylation sites is 1. The third kappa shape index (κ3) is 5.02. The summed E-state index contributed by atoms with van der Waals surface area (Å²) in [5.74, 6) is 0.0957. The maximum Gasteiger partial charge on any atom is 0.341 e. The number of nitrogens with two attached hydrogens (primary N) is 1. The average molecular weight is 417 g/mol. The van der Waals surface area contributed by atoms with Crippen LogP contribution in [0.4, 0.5) is 0 Å². The second kappa shape index (κ2) is 9.67. The van der Waals surface area contributed by atoms with Crippen LogP contribution in [0, 0.1) is 0 Å². The first kappa shape index (κ1) is 21.0. The lowest BCUT2D eigenvalue weighted by Gasteiger charge is -2.16. The summed E-state index contributed by atoms with van der Waals surface area (Å²) >= 11 is 1.56. The minimum absolute atomic E-state index is 0.0330. The summed E-state index contributed by atoms with van der Waals surface area (Å²) in [6.45, 7) is 2.22. The monoisotopic (exact) mass is 417 g/mol. The van der Waals surface area contributed by atoms with E-state index in [0.29, 0.717) is 22.8 Å². The lowest BCUT2D eigenvalue weighted by atomic mass is 10.1. The number of aliphatic carboxylic acids is 1. The van der Waals surface area contributed by atoms with Gasteiger partial charge in [-0.25, -0.2) is 4.79 Å². The SMILES string of the molecule is CCOC(=O)c1ccccc1OCc1cc([C@H]2[NH2+][C@H](C(=O)[O-])CS2)ccc1OC. The lowest BCUT2D eigenvalue weighted by molar-refractivity contribution is -0.690. The van der Waals surface area contributed by atoms with E-state index in [9.17, 15) is 14.7 Å². The van der Waals surface area contributed by atoms with Crippen LogP contribution in [0.5, 0.6) is 11.5 Å². The number of carbonyl (C=O) groups is 2. The number of carboxylic acid groups (broad SMARTS) is 1. The molecule has 0 bridgehead atoms. The Morgan fingerprint density at radius 1 is 1.21 bits per heavy atom. The Morgan fingerprint density at radius 2 is 2.00 bits per heavy atom. The highest BCUT2D eigenvalue weighted by atomic mass is 32.2. The van der Waals surface area contributed by atoms with Crippen LogP contribution in [-0.4, -0.2) is 37.4 Å². The molecule has 154 valence electrons. The summed E-state index contributed by atoms with van der Waals surface area (Å²) in [4.78, 5) is 23.2. The van der Waals surface area contributed by atoms with Crippen molar-refractivity contribution in [2.24, 2.45) is 0 Å². The summed E-state index contributed by atoms with van der Waals surface area (Å²) in [6.07, 6.45) is 0. The topological polar surface area (TPSA) is 102 Å². The largest absolute Gasteiger partial charge is 0.544 e. The first-order chi connectivity index (χ1) is 14.0. The van der Waals surface area contributed by atoms with Crippen LogP contribution in [0.15, 0.2) is 42.5 Å². The number of hydrogen-bond donors (Lipinski definition) is 1. The van der Waals surface area contributed by atoms with Gasteiger partial charge < -0.3 is 29.4 Å². The van der Waals surface area contributed by atoms with E-state index >= 15 is 0 Å². The molecule has 0 saturated carbocycles. The number of benzene rings is 2. The number of rotatable bonds is 8. The number of thioether (sulfide) groups is 1. The molecule has 2 aromatic carbocycles. The smallest absolute Gasteiger partial charge is 0.341 e.